The lowest BCUT2D eigenvalue weighted by Gasteiger charge is -2.22. The molecule has 1 aromatic heterocycles. The monoisotopic (exact) mass is 225 g/mol. The van der Waals surface area contributed by atoms with Crippen molar-refractivity contribution in [2.24, 2.45) is 18.2 Å². The predicted molar refractivity (Wildman–Crippen MR) is 63.4 cm³/mol. The second kappa shape index (κ2) is 4.65. The van der Waals surface area contributed by atoms with Gasteiger partial charge in [-0.25, -0.2) is 0 Å². The van der Waals surface area contributed by atoms with Gasteiger partial charge in [-0.05, 0) is 18.4 Å². The van der Waals surface area contributed by atoms with Crippen LogP contribution in [0.4, 0.5) is 0 Å². The first-order valence-electron chi connectivity index (χ1n) is 5.33. The van der Waals surface area contributed by atoms with Crippen LogP contribution in [0.25, 0.3) is 0 Å². The minimum absolute atomic E-state index is 0.0134. The van der Waals surface area contributed by atoms with Crippen molar-refractivity contribution in [1.29, 1.82) is 0 Å². The van der Waals surface area contributed by atoms with E-state index in [1.165, 1.54) is 9.13 Å². The van der Waals surface area contributed by atoms with E-state index in [4.69, 9.17) is 5.73 Å². The molecule has 1 aromatic rings. The van der Waals surface area contributed by atoms with Crippen LogP contribution in [-0.2, 0) is 13.6 Å². The van der Waals surface area contributed by atoms with Gasteiger partial charge in [0, 0.05) is 26.0 Å². The number of rotatable bonds is 4. The highest BCUT2D eigenvalue weighted by atomic mass is 16.2. The Morgan fingerprint density at radius 1 is 1.25 bits per heavy atom. The van der Waals surface area contributed by atoms with Crippen LogP contribution in [0.5, 0.6) is 0 Å². The molecule has 0 saturated heterocycles. The molecule has 0 aliphatic heterocycles. The molecule has 1 heterocycles. The molecule has 0 spiro atoms. The molecule has 0 unspecified atom stereocenters. The molecule has 0 radical (unpaired) electrons. The molecule has 2 N–H and O–H groups in total. The fraction of sp³-hybridized carbons (Fsp3) is 0.636. The maximum absolute atomic E-state index is 11.6. The van der Waals surface area contributed by atoms with Gasteiger partial charge < -0.3 is 14.9 Å². The van der Waals surface area contributed by atoms with Crippen molar-refractivity contribution in [3.63, 3.8) is 0 Å². The van der Waals surface area contributed by atoms with Crippen LogP contribution in [0.3, 0.4) is 0 Å². The highest BCUT2D eigenvalue weighted by molar-refractivity contribution is 4.85. The van der Waals surface area contributed by atoms with Gasteiger partial charge in [-0.15, -0.1) is 0 Å². The van der Waals surface area contributed by atoms with Crippen LogP contribution in [0.15, 0.2) is 22.0 Å². The number of nitrogens with two attached hydrogens (primary N) is 1. The molecule has 0 aliphatic rings. The Bertz CT molecular complexity index is 471. The van der Waals surface area contributed by atoms with Crippen molar-refractivity contribution in [2.75, 3.05) is 6.54 Å². The third-order valence-corrected chi connectivity index (χ3v) is 2.82. The van der Waals surface area contributed by atoms with E-state index in [-0.39, 0.29) is 5.41 Å². The third kappa shape index (κ3) is 2.82. The number of hydrogen-bond donors (Lipinski definition) is 1. The second-order valence-electron chi connectivity index (χ2n) is 4.83. The van der Waals surface area contributed by atoms with Gasteiger partial charge in [-0.1, -0.05) is 13.8 Å². The van der Waals surface area contributed by atoms with Gasteiger partial charge in [0.25, 0.3) is 0 Å². The van der Waals surface area contributed by atoms with Crippen molar-refractivity contribution in [3.8, 4) is 0 Å². The van der Waals surface area contributed by atoms with E-state index in [0.29, 0.717) is 13.1 Å². The van der Waals surface area contributed by atoms with E-state index in [2.05, 4.69) is 0 Å². The van der Waals surface area contributed by atoms with Crippen LogP contribution in [0, 0.1) is 5.41 Å². The van der Waals surface area contributed by atoms with Crippen LogP contribution < -0.4 is 16.9 Å². The maximum Gasteiger partial charge on any atom is 0.316 e. The smallest absolute Gasteiger partial charge is 0.316 e. The van der Waals surface area contributed by atoms with Crippen LogP contribution in [0.1, 0.15) is 20.3 Å². The van der Waals surface area contributed by atoms with Crippen LogP contribution >= 0.6 is 0 Å². The zero-order chi connectivity index (χ0) is 12.3. The fourth-order valence-corrected chi connectivity index (χ4v) is 1.29. The Morgan fingerprint density at radius 3 is 2.44 bits per heavy atom. The third-order valence-electron chi connectivity index (χ3n) is 2.82. The molecule has 0 amide bonds. The Kier molecular flexibility index (Phi) is 3.70. The summed E-state index contributed by atoms with van der Waals surface area (Å²) in [6.07, 6.45) is 4.01. The average Bonchev–Trinajstić information content (AvgIpc) is 2.25. The minimum atomic E-state index is -0.493. The van der Waals surface area contributed by atoms with Gasteiger partial charge in [0.2, 0.25) is 0 Å². The van der Waals surface area contributed by atoms with Gasteiger partial charge in [-0.2, -0.15) is 0 Å². The maximum atomic E-state index is 11.6. The lowest BCUT2D eigenvalue weighted by molar-refractivity contribution is 0.321. The normalized spacial score (nSPS) is 11.8. The quantitative estimate of drug-likeness (QED) is 0.729. The molecular formula is C11H19N3O2. The number of aryl methyl sites for hydroxylation is 2. The van der Waals surface area contributed by atoms with Gasteiger partial charge in [0.1, 0.15) is 0 Å². The number of nitrogens with zero attached hydrogens (tertiary/aromatic N) is 2. The van der Waals surface area contributed by atoms with Crippen molar-refractivity contribution in [2.45, 2.75) is 26.8 Å². The van der Waals surface area contributed by atoms with Gasteiger partial charge in [-0.3, -0.25) is 9.59 Å². The second-order valence-corrected chi connectivity index (χ2v) is 4.83. The van der Waals surface area contributed by atoms with Crippen molar-refractivity contribution in [3.05, 3.63) is 33.1 Å². The van der Waals surface area contributed by atoms with Gasteiger partial charge >= 0.3 is 11.1 Å². The van der Waals surface area contributed by atoms with E-state index >= 15 is 0 Å². The summed E-state index contributed by atoms with van der Waals surface area (Å²) < 4.78 is 2.73. The molecule has 5 nitrogen and oxygen atoms in total. The summed E-state index contributed by atoms with van der Waals surface area (Å²) in [4.78, 5) is 23.0. The molecule has 1 rings (SSSR count). The average molecular weight is 225 g/mol. The molecule has 0 aromatic carbocycles. The molecule has 0 atom stereocenters. The molecule has 5 heteroatoms. The highest BCUT2D eigenvalue weighted by Crippen LogP contribution is 2.18. The summed E-state index contributed by atoms with van der Waals surface area (Å²) in [7, 11) is 1.57. The Balaban J connectivity index is 2.89. The molecule has 0 aliphatic carbocycles. The molecular weight excluding hydrogens is 206 g/mol. The Morgan fingerprint density at radius 2 is 1.88 bits per heavy atom. The van der Waals surface area contributed by atoms with Crippen LogP contribution in [-0.4, -0.2) is 15.7 Å². The SMILES string of the molecule is Cn1ccn(CCC(C)(C)CN)c(=O)c1=O. The predicted octanol–water partition coefficient (Wildman–Crippen LogP) is -0.0780. The zero-order valence-electron chi connectivity index (χ0n) is 10.1. The molecule has 0 fully saturated rings. The zero-order valence-corrected chi connectivity index (χ0v) is 10.1. The lowest BCUT2D eigenvalue weighted by Crippen LogP contribution is -2.40. The molecule has 16 heavy (non-hydrogen) atoms. The first-order valence-corrected chi connectivity index (χ1v) is 5.33. The number of aromatic nitrogens is 2. The van der Waals surface area contributed by atoms with Gasteiger partial charge in [0.05, 0.1) is 0 Å². The summed E-state index contributed by atoms with van der Waals surface area (Å²) in [6, 6.07) is 0. The standard InChI is InChI=1S/C11H19N3O2/c1-11(2,8-12)4-5-14-7-6-13(3)9(15)10(14)16/h6-7H,4-5,8,12H2,1-3H3. The summed E-state index contributed by atoms with van der Waals surface area (Å²) in [5, 5.41) is 0. The largest absolute Gasteiger partial charge is 0.330 e. The van der Waals surface area contributed by atoms with Crippen molar-refractivity contribution >= 4 is 0 Å². The number of hydrogen-bond acceptors (Lipinski definition) is 3. The van der Waals surface area contributed by atoms with E-state index < -0.39 is 11.1 Å². The molecule has 0 bridgehead atoms. The van der Waals surface area contributed by atoms with Crippen molar-refractivity contribution in [1.82, 2.24) is 9.13 Å². The highest BCUT2D eigenvalue weighted by Gasteiger charge is 2.15. The summed E-state index contributed by atoms with van der Waals surface area (Å²) >= 11 is 0. The van der Waals surface area contributed by atoms with E-state index in [1.807, 2.05) is 13.8 Å². The first kappa shape index (κ1) is 12.7. The van der Waals surface area contributed by atoms with E-state index in [9.17, 15) is 9.59 Å². The summed E-state index contributed by atoms with van der Waals surface area (Å²) in [5.41, 5.74) is 4.63. The Labute approximate surface area is 94.5 Å². The van der Waals surface area contributed by atoms with E-state index in [1.54, 1.807) is 19.4 Å². The first-order chi connectivity index (χ1) is 7.37. The summed E-state index contributed by atoms with van der Waals surface area (Å²) in [5.74, 6) is 0. The fourth-order valence-electron chi connectivity index (χ4n) is 1.29. The molecule has 0 saturated carbocycles. The van der Waals surface area contributed by atoms with E-state index in [0.717, 1.165) is 6.42 Å². The topological polar surface area (TPSA) is 70.0 Å². The van der Waals surface area contributed by atoms with Crippen LogP contribution in [0.2, 0.25) is 0 Å². The van der Waals surface area contributed by atoms with Gasteiger partial charge in [0.15, 0.2) is 0 Å². The Hall–Kier alpha value is -1.36. The lowest BCUT2D eigenvalue weighted by atomic mass is 9.90. The summed E-state index contributed by atoms with van der Waals surface area (Å²) in [6.45, 7) is 5.17. The molecule has 90 valence electrons. The van der Waals surface area contributed by atoms with Crippen molar-refractivity contribution < 1.29 is 0 Å². The minimum Gasteiger partial charge on any atom is -0.330 e.